The third kappa shape index (κ3) is 3.74. The van der Waals surface area contributed by atoms with Crippen LogP contribution in [0.5, 0.6) is 5.75 Å². The van der Waals surface area contributed by atoms with Gasteiger partial charge in [0.2, 0.25) is 0 Å². The Labute approximate surface area is 125 Å². The van der Waals surface area contributed by atoms with Crippen molar-refractivity contribution in [3.8, 4) is 5.75 Å². The zero-order valence-electron chi connectivity index (χ0n) is 13.0. The molecule has 2 rings (SSSR count). The summed E-state index contributed by atoms with van der Waals surface area (Å²) in [5.74, 6) is 0.596. The highest BCUT2D eigenvalue weighted by Crippen LogP contribution is 2.25. The summed E-state index contributed by atoms with van der Waals surface area (Å²) in [7, 11) is 3.63. The number of nitrogens with zero attached hydrogens (tertiary/aromatic N) is 1. The van der Waals surface area contributed by atoms with Crippen LogP contribution in [0.15, 0.2) is 12.1 Å². The van der Waals surface area contributed by atoms with E-state index in [0.29, 0.717) is 6.54 Å². The lowest BCUT2D eigenvalue weighted by molar-refractivity contribution is -0.142. The summed E-state index contributed by atoms with van der Waals surface area (Å²) < 4.78 is 10.5. The molecule has 1 N–H and O–H groups in total. The second-order valence-electron chi connectivity index (χ2n) is 5.76. The first-order chi connectivity index (χ1) is 9.90. The van der Waals surface area contributed by atoms with Crippen molar-refractivity contribution in [2.24, 2.45) is 0 Å². The summed E-state index contributed by atoms with van der Waals surface area (Å²) in [5.41, 5.74) is 3.38. The first-order valence-electron chi connectivity index (χ1n) is 7.11. The molecule has 0 unspecified atom stereocenters. The van der Waals surface area contributed by atoms with E-state index in [1.165, 1.54) is 5.56 Å². The highest BCUT2D eigenvalue weighted by atomic mass is 16.6. The monoisotopic (exact) mass is 293 g/mol. The van der Waals surface area contributed by atoms with Crippen LogP contribution in [0.25, 0.3) is 0 Å². The number of carbonyl (C=O) groups is 1. The van der Waals surface area contributed by atoms with E-state index in [2.05, 4.69) is 12.1 Å². The van der Waals surface area contributed by atoms with Crippen molar-refractivity contribution in [2.45, 2.75) is 39.0 Å². The molecule has 116 valence electrons. The van der Waals surface area contributed by atoms with Gasteiger partial charge in [0.1, 0.15) is 18.0 Å². The van der Waals surface area contributed by atoms with Crippen LogP contribution in [-0.2, 0) is 16.1 Å². The number of ether oxygens (including phenoxy) is 2. The van der Waals surface area contributed by atoms with Crippen LogP contribution in [0.2, 0.25) is 0 Å². The van der Waals surface area contributed by atoms with E-state index >= 15 is 0 Å². The minimum Gasteiger partial charge on any atom is -0.496 e. The van der Waals surface area contributed by atoms with Crippen LogP contribution in [0.3, 0.4) is 0 Å². The van der Waals surface area contributed by atoms with Crippen LogP contribution in [0, 0.1) is 13.8 Å². The molecule has 1 saturated heterocycles. The fraction of sp³-hybridized carbons (Fsp3) is 0.562. The van der Waals surface area contributed by atoms with Crippen LogP contribution in [0.4, 0.5) is 0 Å². The molecule has 1 fully saturated rings. The molecule has 0 saturated carbocycles. The van der Waals surface area contributed by atoms with Crippen LogP contribution in [-0.4, -0.2) is 48.9 Å². The van der Waals surface area contributed by atoms with Gasteiger partial charge in [0.25, 0.3) is 0 Å². The van der Waals surface area contributed by atoms with E-state index in [9.17, 15) is 9.90 Å². The molecule has 0 aliphatic carbocycles. The molecule has 1 aliphatic rings. The molecule has 1 aromatic carbocycles. The van der Waals surface area contributed by atoms with Gasteiger partial charge < -0.3 is 14.6 Å². The van der Waals surface area contributed by atoms with Gasteiger partial charge in [-0.2, -0.15) is 0 Å². The van der Waals surface area contributed by atoms with Crippen LogP contribution in [0.1, 0.15) is 23.1 Å². The molecule has 0 spiro atoms. The Hall–Kier alpha value is -1.59. The molecule has 0 aromatic heterocycles. The molecule has 0 radical (unpaired) electrons. The lowest BCUT2D eigenvalue weighted by Crippen LogP contribution is -2.34. The maximum absolute atomic E-state index is 11.1. The standard InChI is InChI=1S/C16H23NO4/c1-10-5-12(6-11(2)16(10)20-4)8-17(3)9-14-13(18)7-15(19)21-14/h5-6,13-14,18H,7-9H2,1-4H3/t13-,14+/m0/s1. The van der Waals surface area contributed by atoms with Crippen molar-refractivity contribution < 1.29 is 19.4 Å². The predicted molar refractivity (Wildman–Crippen MR) is 79.3 cm³/mol. The average Bonchev–Trinajstić information content (AvgIpc) is 2.67. The van der Waals surface area contributed by atoms with Gasteiger partial charge in [-0.1, -0.05) is 12.1 Å². The van der Waals surface area contributed by atoms with Gasteiger partial charge in [0.05, 0.1) is 13.5 Å². The fourth-order valence-electron chi connectivity index (χ4n) is 2.89. The molecule has 1 aliphatic heterocycles. The van der Waals surface area contributed by atoms with Gasteiger partial charge in [-0.15, -0.1) is 0 Å². The Morgan fingerprint density at radius 1 is 1.38 bits per heavy atom. The first kappa shape index (κ1) is 15.8. The number of cyclic esters (lactones) is 1. The second kappa shape index (κ2) is 6.45. The quantitative estimate of drug-likeness (QED) is 0.832. The third-order valence-corrected chi connectivity index (χ3v) is 3.76. The SMILES string of the molecule is COc1c(C)cc(CN(C)C[C@H]2OC(=O)C[C@@H]2O)cc1C. The molecule has 1 heterocycles. The molecule has 5 heteroatoms. The van der Waals surface area contributed by atoms with Gasteiger partial charge in [0.15, 0.2) is 0 Å². The zero-order chi connectivity index (χ0) is 15.6. The summed E-state index contributed by atoms with van der Waals surface area (Å²) >= 11 is 0. The van der Waals surface area contributed by atoms with Crippen LogP contribution >= 0.6 is 0 Å². The Kier molecular flexibility index (Phi) is 4.85. The average molecular weight is 293 g/mol. The zero-order valence-corrected chi connectivity index (χ0v) is 13.0. The van der Waals surface area contributed by atoms with Crippen molar-refractivity contribution >= 4 is 5.97 Å². The van der Waals surface area contributed by atoms with Crippen molar-refractivity contribution in [3.05, 3.63) is 28.8 Å². The number of likely N-dealkylation sites (N-methyl/N-ethyl adjacent to an activating group) is 1. The Morgan fingerprint density at radius 3 is 2.48 bits per heavy atom. The molecular weight excluding hydrogens is 270 g/mol. The van der Waals surface area contributed by atoms with Gasteiger partial charge in [0, 0.05) is 13.1 Å². The number of esters is 1. The van der Waals surface area contributed by atoms with Crippen molar-refractivity contribution in [3.63, 3.8) is 0 Å². The third-order valence-electron chi connectivity index (χ3n) is 3.76. The fourth-order valence-corrected chi connectivity index (χ4v) is 2.89. The van der Waals surface area contributed by atoms with Crippen LogP contribution < -0.4 is 4.74 Å². The number of methoxy groups -OCH3 is 1. The number of carbonyl (C=O) groups excluding carboxylic acids is 1. The number of benzene rings is 1. The van der Waals surface area contributed by atoms with Crippen molar-refractivity contribution in [1.29, 1.82) is 0 Å². The van der Waals surface area contributed by atoms with E-state index in [1.54, 1.807) is 7.11 Å². The van der Waals surface area contributed by atoms with E-state index in [1.807, 2.05) is 25.8 Å². The molecule has 0 amide bonds. The van der Waals surface area contributed by atoms with E-state index in [0.717, 1.165) is 23.4 Å². The Morgan fingerprint density at radius 2 is 2.00 bits per heavy atom. The van der Waals surface area contributed by atoms with Crippen molar-refractivity contribution in [1.82, 2.24) is 4.90 Å². The van der Waals surface area contributed by atoms with E-state index in [-0.39, 0.29) is 12.4 Å². The minimum absolute atomic E-state index is 0.0965. The molecule has 1 aromatic rings. The molecule has 5 nitrogen and oxygen atoms in total. The summed E-state index contributed by atoms with van der Waals surface area (Å²) in [6.07, 6.45) is -1.03. The van der Waals surface area contributed by atoms with E-state index < -0.39 is 12.2 Å². The second-order valence-corrected chi connectivity index (χ2v) is 5.76. The topological polar surface area (TPSA) is 59.0 Å². The minimum atomic E-state index is -0.695. The van der Waals surface area contributed by atoms with Gasteiger partial charge in [-0.25, -0.2) is 0 Å². The number of aliphatic hydroxyl groups excluding tert-OH is 1. The molecule has 0 bridgehead atoms. The summed E-state index contributed by atoms with van der Waals surface area (Å²) in [6, 6.07) is 4.19. The van der Waals surface area contributed by atoms with Gasteiger partial charge >= 0.3 is 5.97 Å². The largest absolute Gasteiger partial charge is 0.496 e. The number of aliphatic hydroxyl groups is 1. The molecule has 21 heavy (non-hydrogen) atoms. The highest BCUT2D eigenvalue weighted by molar-refractivity contribution is 5.72. The molecular formula is C16H23NO4. The summed E-state index contributed by atoms with van der Waals surface area (Å²) in [5, 5.41) is 9.74. The number of rotatable bonds is 5. The summed E-state index contributed by atoms with van der Waals surface area (Å²) in [6.45, 7) is 5.30. The predicted octanol–water partition coefficient (Wildman–Crippen LogP) is 1.42. The van der Waals surface area contributed by atoms with Gasteiger partial charge in [-0.3, -0.25) is 9.69 Å². The maximum Gasteiger partial charge on any atom is 0.308 e. The lowest BCUT2D eigenvalue weighted by Gasteiger charge is -2.22. The number of hydrogen-bond acceptors (Lipinski definition) is 5. The van der Waals surface area contributed by atoms with Gasteiger partial charge in [-0.05, 0) is 37.6 Å². The highest BCUT2D eigenvalue weighted by Gasteiger charge is 2.33. The summed E-state index contributed by atoms with van der Waals surface area (Å²) in [4.78, 5) is 13.2. The number of aryl methyl sites for hydroxylation is 2. The maximum atomic E-state index is 11.1. The van der Waals surface area contributed by atoms with Crippen molar-refractivity contribution in [2.75, 3.05) is 20.7 Å². The Balaban J connectivity index is 2.00. The smallest absolute Gasteiger partial charge is 0.308 e. The lowest BCUT2D eigenvalue weighted by atomic mass is 10.0. The Bertz CT molecular complexity index is 506. The molecule has 2 atom stereocenters. The number of hydrogen-bond donors (Lipinski definition) is 1. The van der Waals surface area contributed by atoms with E-state index in [4.69, 9.17) is 9.47 Å². The normalized spacial score (nSPS) is 21.7. The first-order valence-corrected chi connectivity index (χ1v) is 7.11.